The molecule has 0 saturated carbocycles. The number of carbonyl (C=O) groups excluding carboxylic acids is 2. The summed E-state index contributed by atoms with van der Waals surface area (Å²) >= 11 is 1.08. The summed E-state index contributed by atoms with van der Waals surface area (Å²) in [6.45, 7) is 0.149. The van der Waals surface area contributed by atoms with Gasteiger partial charge < -0.3 is 10.1 Å². The Morgan fingerprint density at radius 1 is 0.893 bits per heavy atom. The van der Waals surface area contributed by atoms with Crippen LogP contribution in [0.1, 0.15) is 11.1 Å². The van der Waals surface area contributed by atoms with E-state index < -0.39 is 12.1 Å². The number of ether oxygens (including phenoxy) is 1. The second-order valence-electron chi connectivity index (χ2n) is 6.05. The molecule has 28 heavy (non-hydrogen) atoms. The lowest BCUT2D eigenvalue weighted by Gasteiger charge is -2.17. The van der Waals surface area contributed by atoms with Crippen molar-refractivity contribution in [1.82, 2.24) is 10.3 Å². The van der Waals surface area contributed by atoms with Gasteiger partial charge >= 0.3 is 6.09 Å². The predicted octanol–water partition coefficient (Wildman–Crippen LogP) is 4.24. The van der Waals surface area contributed by atoms with E-state index in [0.717, 1.165) is 27.8 Å². The normalized spacial score (nSPS) is 11.4. The summed E-state index contributed by atoms with van der Waals surface area (Å²) in [5.41, 5.74) is 1.84. The number of rotatable bonds is 7. The Hall–Kier alpha value is -3.12. The van der Waals surface area contributed by atoms with Crippen LogP contribution in [-0.4, -0.2) is 22.2 Å². The van der Waals surface area contributed by atoms with Crippen molar-refractivity contribution < 1.29 is 14.3 Å². The fraction of sp³-hybridized carbons (Fsp3) is 0.136. The minimum atomic E-state index is -0.705. The SMILES string of the molecule is O=C(N[C@@H](Cc1ccccc1)C(=O)Sc1ccncc1)OCc1ccccc1. The fourth-order valence-corrected chi connectivity index (χ4v) is 3.32. The van der Waals surface area contributed by atoms with E-state index in [-0.39, 0.29) is 11.7 Å². The molecule has 1 aromatic heterocycles. The van der Waals surface area contributed by atoms with Crippen LogP contribution in [0.5, 0.6) is 0 Å². The molecule has 1 amide bonds. The maximum Gasteiger partial charge on any atom is 0.408 e. The number of nitrogens with one attached hydrogen (secondary N) is 1. The topological polar surface area (TPSA) is 68.3 Å². The molecule has 0 spiro atoms. The van der Waals surface area contributed by atoms with Crippen LogP contribution in [0, 0.1) is 0 Å². The van der Waals surface area contributed by atoms with Gasteiger partial charge in [-0.3, -0.25) is 9.78 Å². The van der Waals surface area contributed by atoms with Crippen LogP contribution in [0.25, 0.3) is 0 Å². The summed E-state index contributed by atoms with van der Waals surface area (Å²) in [5.74, 6) is 0. The third-order valence-corrected chi connectivity index (χ3v) is 4.93. The zero-order chi connectivity index (χ0) is 19.6. The molecule has 0 aliphatic rings. The molecule has 6 heteroatoms. The highest BCUT2D eigenvalue weighted by Gasteiger charge is 2.23. The zero-order valence-corrected chi connectivity index (χ0v) is 16.0. The van der Waals surface area contributed by atoms with Gasteiger partial charge in [-0.15, -0.1) is 0 Å². The van der Waals surface area contributed by atoms with Crippen molar-refractivity contribution in [3.8, 4) is 0 Å². The average molecular weight is 392 g/mol. The fourth-order valence-electron chi connectivity index (χ4n) is 2.54. The van der Waals surface area contributed by atoms with Gasteiger partial charge in [0.05, 0.1) is 0 Å². The highest BCUT2D eigenvalue weighted by Crippen LogP contribution is 2.20. The zero-order valence-electron chi connectivity index (χ0n) is 15.2. The lowest BCUT2D eigenvalue weighted by Crippen LogP contribution is -2.41. The first-order valence-corrected chi connectivity index (χ1v) is 9.65. The summed E-state index contributed by atoms with van der Waals surface area (Å²) in [5, 5.41) is 2.55. The number of thioether (sulfide) groups is 1. The molecule has 0 fully saturated rings. The van der Waals surface area contributed by atoms with Crippen molar-refractivity contribution in [2.45, 2.75) is 24.0 Å². The molecule has 0 bridgehead atoms. The van der Waals surface area contributed by atoms with Gasteiger partial charge in [-0.1, -0.05) is 60.7 Å². The van der Waals surface area contributed by atoms with Gasteiger partial charge in [0.15, 0.2) is 0 Å². The Balaban J connectivity index is 1.64. The van der Waals surface area contributed by atoms with Crippen molar-refractivity contribution in [3.05, 3.63) is 96.3 Å². The molecular formula is C22H20N2O3S. The van der Waals surface area contributed by atoms with Crippen LogP contribution in [0.4, 0.5) is 4.79 Å². The molecule has 0 aliphatic carbocycles. The van der Waals surface area contributed by atoms with Gasteiger partial charge in [0.25, 0.3) is 0 Å². The maximum absolute atomic E-state index is 12.8. The molecule has 1 atom stereocenters. The van der Waals surface area contributed by atoms with Crippen molar-refractivity contribution in [2.24, 2.45) is 0 Å². The van der Waals surface area contributed by atoms with Gasteiger partial charge in [0.1, 0.15) is 12.6 Å². The molecule has 0 unspecified atom stereocenters. The Morgan fingerprint density at radius 2 is 1.50 bits per heavy atom. The lowest BCUT2D eigenvalue weighted by atomic mass is 10.1. The van der Waals surface area contributed by atoms with Crippen LogP contribution >= 0.6 is 11.8 Å². The molecule has 3 aromatic rings. The number of pyridine rings is 1. The van der Waals surface area contributed by atoms with Crippen molar-refractivity contribution in [1.29, 1.82) is 0 Å². The molecule has 5 nitrogen and oxygen atoms in total. The number of hydrogen-bond acceptors (Lipinski definition) is 5. The largest absolute Gasteiger partial charge is 0.445 e. The Bertz CT molecular complexity index is 889. The van der Waals surface area contributed by atoms with E-state index in [1.807, 2.05) is 60.7 Å². The van der Waals surface area contributed by atoms with Crippen LogP contribution in [0.2, 0.25) is 0 Å². The number of hydrogen-bond donors (Lipinski definition) is 1. The van der Waals surface area contributed by atoms with Crippen molar-refractivity contribution >= 4 is 23.0 Å². The maximum atomic E-state index is 12.8. The number of alkyl carbamates (subject to hydrolysis) is 1. The highest BCUT2D eigenvalue weighted by molar-refractivity contribution is 8.13. The van der Waals surface area contributed by atoms with E-state index in [1.165, 1.54) is 0 Å². The van der Waals surface area contributed by atoms with Gasteiger partial charge in [0, 0.05) is 23.7 Å². The molecule has 0 radical (unpaired) electrons. The van der Waals surface area contributed by atoms with Crippen LogP contribution < -0.4 is 5.32 Å². The second kappa shape index (κ2) is 10.3. The van der Waals surface area contributed by atoms with Crippen LogP contribution in [0.15, 0.2) is 90.1 Å². The summed E-state index contributed by atoms with van der Waals surface area (Å²) < 4.78 is 5.28. The summed E-state index contributed by atoms with van der Waals surface area (Å²) in [6, 6.07) is 21.8. The van der Waals surface area contributed by atoms with Crippen molar-refractivity contribution in [2.75, 3.05) is 0 Å². The van der Waals surface area contributed by atoms with Crippen LogP contribution in [-0.2, 0) is 22.6 Å². The molecular weight excluding hydrogens is 372 g/mol. The second-order valence-corrected chi connectivity index (χ2v) is 7.13. The molecule has 0 aliphatic heterocycles. The average Bonchev–Trinajstić information content (AvgIpc) is 2.74. The first-order chi connectivity index (χ1) is 13.7. The summed E-state index contributed by atoms with van der Waals surface area (Å²) in [4.78, 5) is 29.8. The Kier molecular flexibility index (Phi) is 7.21. The lowest BCUT2D eigenvalue weighted by molar-refractivity contribution is -0.112. The number of nitrogens with zero attached hydrogens (tertiary/aromatic N) is 1. The monoisotopic (exact) mass is 392 g/mol. The van der Waals surface area contributed by atoms with Crippen LogP contribution in [0.3, 0.4) is 0 Å². The first kappa shape index (κ1) is 19.6. The summed E-state index contributed by atoms with van der Waals surface area (Å²) in [7, 11) is 0. The Labute approximate surface area is 168 Å². The standard InChI is InChI=1S/C22H20N2O3S/c25-21(28-19-11-13-23-14-12-19)20(15-17-7-3-1-4-8-17)24-22(26)27-16-18-9-5-2-6-10-18/h1-14,20H,15-16H2,(H,24,26)/t20-/m0/s1. The van der Waals surface area contributed by atoms with Gasteiger partial charge in [0.2, 0.25) is 5.12 Å². The van der Waals surface area contributed by atoms with E-state index in [1.54, 1.807) is 24.5 Å². The van der Waals surface area contributed by atoms with E-state index in [0.29, 0.717) is 6.42 Å². The van der Waals surface area contributed by atoms with E-state index >= 15 is 0 Å². The van der Waals surface area contributed by atoms with E-state index in [2.05, 4.69) is 10.3 Å². The number of carbonyl (C=O) groups is 2. The minimum Gasteiger partial charge on any atom is -0.445 e. The molecule has 2 aromatic carbocycles. The smallest absolute Gasteiger partial charge is 0.408 e. The third-order valence-electron chi connectivity index (χ3n) is 3.94. The molecule has 3 rings (SSSR count). The summed E-state index contributed by atoms with van der Waals surface area (Å²) in [6.07, 6.45) is 3.03. The first-order valence-electron chi connectivity index (χ1n) is 8.83. The third kappa shape index (κ3) is 6.25. The molecule has 0 saturated heterocycles. The quantitative estimate of drug-likeness (QED) is 0.609. The Morgan fingerprint density at radius 3 is 2.14 bits per heavy atom. The van der Waals surface area contributed by atoms with Gasteiger partial charge in [-0.05, 0) is 35.0 Å². The molecule has 1 N–H and O–H groups in total. The number of amides is 1. The number of benzene rings is 2. The number of aromatic nitrogens is 1. The van der Waals surface area contributed by atoms with E-state index in [4.69, 9.17) is 4.74 Å². The van der Waals surface area contributed by atoms with Gasteiger partial charge in [-0.25, -0.2) is 4.79 Å². The minimum absolute atomic E-state index is 0.149. The molecule has 1 heterocycles. The van der Waals surface area contributed by atoms with E-state index in [9.17, 15) is 9.59 Å². The van der Waals surface area contributed by atoms with Gasteiger partial charge in [-0.2, -0.15) is 0 Å². The highest BCUT2D eigenvalue weighted by atomic mass is 32.2. The molecule has 142 valence electrons. The van der Waals surface area contributed by atoms with Crippen molar-refractivity contribution in [3.63, 3.8) is 0 Å². The predicted molar refractivity (Wildman–Crippen MR) is 109 cm³/mol.